The van der Waals surface area contributed by atoms with Gasteiger partial charge >= 0.3 is 0 Å². The molecule has 0 saturated heterocycles. The highest BCUT2D eigenvalue weighted by atomic mass is 16.1. The molecular weight excluding hydrogens is 184 g/mol. The highest BCUT2D eigenvalue weighted by molar-refractivity contribution is 5.74. The van der Waals surface area contributed by atoms with Crippen molar-refractivity contribution in [3.8, 4) is 0 Å². The summed E-state index contributed by atoms with van der Waals surface area (Å²) in [5.74, 6) is 1.25. The predicted octanol–water partition coefficient (Wildman–Crippen LogP) is 5.23. The highest BCUT2D eigenvalue weighted by Crippen LogP contribution is 2.13. The van der Waals surface area contributed by atoms with Gasteiger partial charge in [-0.05, 0) is 12.8 Å². The van der Waals surface area contributed by atoms with Gasteiger partial charge in [-0.15, -0.1) is 0 Å². The lowest BCUT2D eigenvalue weighted by Crippen LogP contribution is -1.94. The summed E-state index contributed by atoms with van der Waals surface area (Å²) in [4.78, 5) is 9.81. The van der Waals surface area contributed by atoms with Crippen molar-refractivity contribution in [3.05, 3.63) is 0 Å². The van der Waals surface area contributed by atoms with Crippen molar-refractivity contribution in [1.29, 1.82) is 0 Å². The van der Waals surface area contributed by atoms with Crippen LogP contribution in [0.25, 0.3) is 0 Å². The normalized spacial score (nSPS) is 8.53. The van der Waals surface area contributed by atoms with Crippen molar-refractivity contribution in [3.63, 3.8) is 0 Å². The van der Waals surface area contributed by atoms with Gasteiger partial charge in [-0.3, -0.25) is 0 Å². The van der Waals surface area contributed by atoms with Gasteiger partial charge in [0.15, 0.2) is 0 Å². The molecule has 0 radical (unpaired) electrons. The fourth-order valence-electron chi connectivity index (χ4n) is 1.11. The molecule has 0 fully saturated rings. The summed E-state index contributed by atoms with van der Waals surface area (Å²) in [5.41, 5.74) is 0. The minimum Gasteiger partial charge on any atom is -0.300 e. The molecule has 94 valence electrons. The molecule has 0 aliphatic carbocycles. The predicted molar refractivity (Wildman–Crippen MR) is 71.3 cm³/mol. The molecule has 0 aliphatic heterocycles. The summed E-state index contributed by atoms with van der Waals surface area (Å²) in [5, 5.41) is 0. The molecule has 1 nitrogen and oxygen atoms in total. The van der Waals surface area contributed by atoms with Crippen LogP contribution in [0.2, 0.25) is 0 Å². The van der Waals surface area contributed by atoms with Crippen molar-refractivity contribution in [2.75, 3.05) is 0 Å². The van der Waals surface area contributed by atoms with E-state index in [1.54, 1.807) is 6.92 Å². The summed E-state index contributed by atoms with van der Waals surface area (Å²) in [6, 6.07) is 0. The Morgan fingerprint density at radius 2 is 1.33 bits per heavy atom. The largest absolute Gasteiger partial charge is 0.300 e. The molecule has 15 heavy (non-hydrogen) atoms. The maximum absolute atomic E-state index is 9.81. The number of rotatable bonds is 5. The average molecular weight is 216 g/mol. The van der Waals surface area contributed by atoms with Gasteiger partial charge in [-0.2, -0.15) is 0 Å². The van der Waals surface area contributed by atoms with Crippen LogP contribution in [0.5, 0.6) is 0 Å². The zero-order valence-electron chi connectivity index (χ0n) is 12.0. The molecule has 0 aromatic carbocycles. The van der Waals surface area contributed by atoms with Gasteiger partial charge in [0.25, 0.3) is 0 Å². The summed E-state index contributed by atoms with van der Waals surface area (Å²) < 4.78 is 0. The number of carbonyl (C=O) groups is 1. The lowest BCUT2D eigenvalue weighted by Gasteiger charge is -2.08. The maximum atomic E-state index is 9.81. The zero-order valence-corrected chi connectivity index (χ0v) is 12.0. The topological polar surface area (TPSA) is 17.1 Å². The van der Waals surface area contributed by atoms with E-state index in [1.807, 2.05) is 20.8 Å². The second-order valence-corrected chi connectivity index (χ2v) is 3.53. The van der Waals surface area contributed by atoms with Crippen molar-refractivity contribution in [2.24, 2.45) is 5.92 Å². The molecule has 0 heterocycles. The summed E-state index contributed by atoms with van der Waals surface area (Å²) in [6.45, 7) is 14.3. The third kappa shape index (κ3) is 24.8. The van der Waals surface area contributed by atoms with E-state index in [0.717, 1.165) is 5.92 Å². The van der Waals surface area contributed by atoms with Crippen molar-refractivity contribution in [1.82, 2.24) is 0 Å². The van der Waals surface area contributed by atoms with E-state index in [9.17, 15) is 4.79 Å². The van der Waals surface area contributed by atoms with E-state index >= 15 is 0 Å². The third-order valence-electron chi connectivity index (χ3n) is 2.35. The molecular formula is C14H32O. The average Bonchev–Trinajstić information content (AvgIpc) is 2.29. The Hall–Kier alpha value is -0.330. The molecule has 0 bridgehead atoms. The lowest BCUT2D eigenvalue weighted by molar-refractivity contribution is -0.116. The van der Waals surface area contributed by atoms with Crippen LogP contribution in [0.15, 0.2) is 0 Å². The van der Waals surface area contributed by atoms with Gasteiger partial charge in [0.2, 0.25) is 0 Å². The van der Waals surface area contributed by atoms with Gasteiger partial charge in [0.1, 0.15) is 5.78 Å². The molecule has 0 N–H and O–H groups in total. The molecule has 0 unspecified atom stereocenters. The maximum Gasteiger partial charge on any atom is 0.129 e. The minimum absolute atomic E-state index is 0.255. The first kappa shape index (κ1) is 20.1. The molecule has 1 heteroatoms. The standard InChI is InChI=1S/C8H18.C4H8O.C2H6/c1-4-7-8(5-2)6-3;1-3-4(2)5;1-2/h8H,4-7H2,1-3H3;3H2,1-2H3;1-2H3. The molecule has 0 aromatic rings. The number of hydrogen-bond acceptors (Lipinski definition) is 1. The van der Waals surface area contributed by atoms with E-state index in [0.29, 0.717) is 6.42 Å². The van der Waals surface area contributed by atoms with Crippen LogP contribution < -0.4 is 0 Å². The SMILES string of the molecule is CC.CCC(C)=O.CCCC(CC)CC. The van der Waals surface area contributed by atoms with E-state index in [2.05, 4.69) is 20.8 Å². The van der Waals surface area contributed by atoms with E-state index in [4.69, 9.17) is 0 Å². The van der Waals surface area contributed by atoms with Crippen LogP contribution in [0.1, 0.15) is 80.6 Å². The van der Waals surface area contributed by atoms with Crippen LogP contribution in [-0.2, 0) is 4.79 Å². The Morgan fingerprint density at radius 1 is 1.00 bits per heavy atom. The molecule has 0 aromatic heterocycles. The van der Waals surface area contributed by atoms with Gasteiger partial charge in [-0.1, -0.05) is 67.2 Å². The van der Waals surface area contributed by atoms with E-state index < -0.39 is 0 Å². The molecule has 0 saturated carbocycles. The van der Waals surface area contributed by atoms with Crippen molar-refractivity contribution in [2.45, 2.75) is 80.6 Å². The van der Waals surface area contributed by atoms with Gasteiger partial charge < -0.3 is 4.79 Å². The van der Waals surface area contributed by atoms with Gasteiger partial charge in [-0.25, -0.2) is 0 Å². The summed E-state index contributed by atoms with van der Waals surface area (Å²) in [7, 11) is 0. The zero-order chi connectivity index (χ0) is 12.7. The number of Topliss-reactive ketones (excluding diaryl/α,β-unsaturated/α-hetero) is 1. The first-order valence-corrected chi connectivity index (χ1v) is 6.61. The quantitative estimate of drug-likeness (QED) is 0.614. The van der Waals surface area contributed by atoms with Crippen LogP contribution in [0, 0.1) is 5.92 Å². The Morgan fingerprint density at radius 3 is 1.40 bits per heavy atom. The Balaban J connectivity index is -0.000000177. The van der Waals surface area contributed by atoms with Crippen molar-refractivity contribution < 1.29 is 4.79 Å². The van der Waals surface area contributed by atoms with Crippen molar-refractivity contribution >= 4 is 5.78 Å². The molecule has 0 spiro atoms. The second kappa shape index (κ2) is 19.3. The minimum atomic E-state index is 0.255. The van der Waals surface area contributed by atoms with Crippen LogP contribution >= 0.6 is 0 Å². The third-order valence-corrected chi connectivity index (χ3v) is 2.35. The summed E-state index contributed by atoms with van der Waals surface area (Å²) in [6.07, 6.45) is 6.17. The van der Waals surface area contributed by atoms with E-state index in [1.165, 1.54) is 25.7 Å². The first-order chi connectivity index (χ1) is 7.12. The van der Waals surface area contributed by atoms with Crippen LogP contribution in [0.4, 0.5) is 0 Å². The first-order valence-electron chi connectivity index (χ1n) is 6.61. The summed E-state index contributed by atoms with van der Waals surface area (Å²) >= 11 is 0. The fourth-order valence-corrected chi connectivity index (χ4v) is 1.11. The monoisotopic (exact) mass is 216 g/mol. The number of ketones is 1. The van der Waals surface area contributed by atoms with Gasteiger partial charge in [0, 0.05) is 6.42 Å². The van der Waals surface area contributed by atoms with E-state index in [-0.39, 0.29) is 5.78 Å². The number of hydrogen-bond donors (Lipinski definition) is 0. The Kier molecular flexibility index (Phi) is 25.9. The fraction of sp³-hybridized carbons (Fsp3) is 0.929. The van der Waals surface area contributed by atoms with Gasteiger partial charge in [0.05, 0.1) is 0 Å². The van der Waals surface area contributed by atoms with Crippen LogP contribution in [-0.4, -0.2) is 5.78 Å². The molecule has 0 aliphatic rings. The number of carbonyl (C=O) groups excluding carboxylic acids is 1. The Labute approximate surface area is 97.7 Å². The smallest absolute Gasteiger partial charge is 0.129 e. The molecule has 0 atom stereocenters. The highest BCUT2D eigenvalue weighted by Gasteiger charge is 1.98. The van der Waals surface area contributed by atoms with Crippen LogP contribution in [0.3, 0.4) is 0 Å². The lowest BCUT2D eigenvalue weighted by atomic mass is 9.98. The molecule has 0 amide bonds. The Bertz CT molecular complexity index is 104. The molecule has 0 rings (SSSR count). The second-order valence-electron chi connectivity index (χ2n) is 3.53.